The van der Waals surface area contributed by atoms with Crippen LogP contribution in [0, 0.1) is 6.92 Å². The highest BCUT2D eigenvalue weighted by Gasteiger charge is 2.32. The van der Waals surface area contributed by atoms with Gasteiger partial charge >= 0.3 is 0 Å². The van der Waals surface area contributed by atoms with Gasteiger partial charge in [-0.15, -0.1) is 0 Å². The maximum Gasteiger partial charge on any atom is 0.243 e. The minimum atomic E-state index is -3.53. The molecular formula is C23H26N2O3S. The van der Waals surface area contributed by atoms with Gasteiger partial charge in [-0.2, -0.15) is 4.31 Å². The lowest BCUT2D eigenvalue weighted by atomic mass is 10.0. The number of hydrogen-bond donors (Lipinski definition) is 0. The summed E-state index contributed by atoms with van der Waals surface area (Å²) in [4.78, 5) is 4.99. The molecule has 2 heterocycles. The molecule has 1 saturated heterocycles. The summed E-state index contributed by atoms with van der Waals surface area (Å²) in [5.41, 5.74) is 2.17. The summed E-state index contributed by atoms with van der Waals surface area (Å²) >= 11 is 0. The maximum atomic E-state index is 13.2. The molecule has 0 radical (unpaired) electrons. The third-order valence-corrected chi connectivity index (χ3v) is 7.38. The van der Waals surface area contributed by atoms with Gasteiger partial charge in [-0.1, -0.05) is 60.5 Å². The summed E-state index contributed by atoms with van der Waals surface area (Å²) < 4.78 is 33.7. The number of piperidine rings is 1. The van der Waals surface area contributed by atoms with E-state index in [2.05, 4.69) is 4.99 Å². The predicted molar refractivity (Wildman–Crippen MR) is 114 cm³/mol. The Morgan fingerprint density at radius 1 is 1.07 bits per heavy atom. The molecule has 2 atom stereocenters. The quantitative estimate of drug-likeness (QED) is 0.740. The molecule has 0 N–H and O–H groups in total. The second-order valence-corrected chi connectivity index (χ2v) is 9.45. The molecule has 0 aromatic heterocycles. The van der Waals surface area contributed by atoms with Crippen LogP contribution in [-0.2, 0) is 14.8 Å². The zero-order valence-electron chi connectivity index (χ0n) is 16.6. The van der Waals surface area contributed by atoms with Crippen LogP contribution in [-0.4, -0.2) is 37.8 Å². The van der Waals surface area contributed by atoms with Crippen LogP contribution in [0.4, 0.5) is 0 Å². The van der Waals surface area contributed by atoms with Crippen molar-refractivity contribution in [1.82, 2.24) is 4.31 Å². The lowest BCUT2D eigenvalue weighted by molar-refractivity contribution is 0.290. The number of sulfonamides is 1. The number of ether oxygens (including phenoxy) is 1. The van der Waals surface area contributed by atoms with Gasteiger partial charge in [0.25, 0.3) is 0 Å². The summed E-state index contributed by atoms with van der Waals surface area (Å²) in [5.74, 6) is 0.567. The molecule has 0 unspecified atom stereocenters. The third kappa shape index (κ3) is 4.43. The van der Waals surface area contributed by atoms with Gasteiger partial charge in [0, 0.05) is 12.6 Å². The third-order valence-electron chi connectivity index (χ3n) is 5.44. The van der Waals surface area contributed by atoms with Crippen LogP contribution in [0.15, 0.2) is 76.6 Å². The zero-order valence-corrected chi connectivity index (χ0v) is 17.4. The van der Waals surface area contributed by atoms with Crippen molar-refractivity contribution >= 4 is 15.9 Å². The Hall–Kier alpha value is -2.44. The molecule has 2 aliphatic rings. The number of benzene rings is 2. The van der Waals surface area contributed by atoms with Crippen molar-refractivity contribution < 1.29 is 13.2 Å². The van der Waals surface area contributed by atoms with Crippen LogP contribution in [0.3, 0.4) is 0 Å². The van der Waals surface area contributed by atoms with Crippen molar-refractivity contribution in [3.63, 3.8) is 0 Å². The second-order valence-electron chi connectivity index (χ2n) is 7.56. The van der Waals surface area contributed by atoms with E-state index in [0.717, 1.165) is 30.4 Å². The Morgan fingerprint density at radius 3 is 2.59 bits per heavy atom. The minimum absolute atomic E-state index is 0.00500. The average Bonchev–Trinajstić information content (AvgIpc) is 3.22. The fourth-order valence-electron chi connectivity index (χ4n) is 3.79. The Morgan fingerprint density at radius 2 is 1.83 bits per heavy atom. The Bertz CT molecular complexity index is 998. The molecule has 6 heteroatoms. The van der Waals surface area contributed by atoms with Crippen molar-refractivity contribution in [1.29, 1.82) is 0 Å². The van der Waals surface area contributed by atoms with Gasteiger partial charge in [0.2, 0.25) is 15.9 Å². The van der Waals surface area contributed by atoms with Gasteiger partial charge in [-0.25, -0.2) is 13.4 Å². The van der Waals surface area contributed by atoms with Crippen LogP contribution >= 0.6 is 0 Å². The van der Waals surface area contributed by atoms with Crippen molar-refractivity contribution in [3.8, 4) is 0 Å². The lowest BCUT2D eigenvalue weighted by Gasteiger charge is -2.33. The largest absolute Gasteiger partial charge is 0.475 e. The highest BCUT2D eigenvalue weighted by atomic mass is 32.2. The first kappa shape index (κ1) is 19.9. The lowest BCUT2D eigenvalue weighted by Crippen LogP contribution is -2.42. The molecule has 0 saturated carbocycles. The van der Waals surface area contributed by atoms with Gasteiger partial charge in [0.15, 0.2) is 0 Å². The number of rotatable bonds is 5. The minimum Gasteiger partial charge on any atom is -0.475 e. The second kappa shape index (κ2) is 8.51. The van der Waals surface area contributed by atoms with Crippen LogP contribution in [0.5, 0.6) is 0 Å². The van der Waals surface area contributed by atoms with Gasteiger partial charge in [0.05, 0.1) is 4.90 Å². The first-order valence-corrected chi connectivity index (χ1v) is 11.5. The van der Waals surface area contributed by atoms with Crippen molar-refractivity contribution in [2.24, 2.45) is 4.99 Å². The Labute approximate surface area is 172 Å². The Kier molecular flexibility index (Phi) is 5.83. The van der Waals surface area contributed by atoms with Crippen molar-refractivity contribution in [2.45, 2.75) is 43.2 Å². The molecule has 5 nitrogen and oxygen atoms in total. The molecular weight excluding hydrogens is 384 g/mol. The number of nitrogens with zero attached hydrogens (tertiary/aromatic N) is 2. The van der Waals surface area contributed by atoms with Crippen LogP contribution in [0.2, 0.25) is 0 Å². The monoisotopic (exact) mass is 410 g/mol. The van der Waals surface area contributed by atoms with Gasteiger partial charge < -0.3 is 4.74 Å². The van der Waals surface area contributed by atoms with E-state index in [0.29, 0.717) is 23.9 Å². The SMILES string of the molecule is Cc1ccc(S(=O)(=O)N2CCCC[C@@H]2/C=C/C2=N[C@@H](c3ccccc3)CO2)cc1. The molecule has 4 rings (SSSR count). The summed E-state index contributed by atoms with van der Waals surface area (Å²) in [6, 6.07) is 16.9. The number of hydrogen-bond acceptors (Lipinski definition) is 4. The van der Waals surface area contributed by atoms with Gasteiger partial charge in [-0.3, -0.25) is 0 Å². The molecule has 1 fully saturated rings. The van der Waals surface area contributed by atoms with Crippen LogP contribution < -0.4 is 0 Å². The molecule has 29 heavy (non-hydrogen) atoms. The standard InChI is InChI=1S/C23H26N2O3S/c1-18-10-13-21(14-11-18)29(26,27)25-16-6-5-9-20(25)12-15-23-24-22(17-28-23)19-7-3-2-4-8-19/h2-4,7-8,10-15,20,22H,5-6,9,16-17H2,1H3/b15-12+/t20-,22-/m1/s1. The summed E-state index contributed by atoms with van der Waals surface area (Å²) in [5, 5.41) is 0. The van der Waals surface area contributed by atoms with E-state index in [1.54, 1.807) is 16.4 Å². The van der Waals surface area contributed by atoms with E-state index in [9.17, 15) is 8.42 Å². The van der Waals surface area contributed by atoms with Gasteiger partial charge in [-0.05, 0) is 43.5 Å². The van der Waals surface area contributed by atoms with E-state index < -0.39 is 10.0 Å². The molecule has 2 aromatic carbocycles. The number of aryl methyl sites for hydroxylation is 1. The zero-order chi connectivity index (χ0) is 20.3. The van der Waals surface area contributed by atoms with E-state index in [1.807, 2.05) is 61.5 Å². The molecule has 2 aromatic rings. The summed E-state index contributed by atoms with van der Waals surface area (Å²) in [6.45, 7) is 3.00. The van der Waals surface area contributed by atoms with E-state index in [1.165, 1.54) is 0 Å². The topological polar surface area (TPSA) is 59.0 Å². The Balaban J connectivity index is 1.51. The number of aliphatic imine (C=N–C) groups is 1. The molecule has 0 amide bonds. The van der Waals surface area contributed by atoms with Gasteiger partial charge in [0.1, 0.15) is 12.6 Å². The molecule has 152 valence electrons. The normalized spacial score (nSPS) is 23.1. The van der Waals surface area contributed by atoms with Crippen LogP contribution in [0.25, 0.3) is 0 Å². The first-order chi connectivity index (χ1) is 14.0. The predicted octanol–water partition coefficient (Wildman–Crippen LogP) is 4.26. The van der Waals surface area contributed by atoms with Crippen molar-refractivity contribution in [2.75, 3.05) is 13.2 Å². The highest BCUT2D eigenvalue weighted by Crippen LogP contribution is 2.27. The van der Waals surface area contributed by atoms with Crippen LogP contribution in [0.1, 0.15) is 36.4 Å². The summed E-state index contributed by atoms with van der Waals surface area (Å²) in [6.07, 6.45) is 6.45. The van der Waals surface area contributed by atoms with E-state index >= 15 is 0 Å². The van der Waals surface area contributed by atoms with Crippen molar-refractivity contribution in [3.05, 3.63) is 77.9 Å². The average molecular weight is 411 g/mol. The van der Waals surface area contributed by atoms with E-state index in [-0.39, 0.29) is 12.1 Å². The fraction of sp³-hybridized carbons (Fsp3) is 0.348. The summed E-state index contributed by atoms with van der Waals surface area (Å²) in [7, 11) is -3.53. The molecule has 2 aliphatic heterocycles. The smallest absolute Gasteiger partial charge is 0.243 e. The molecule has 0 aliphatic carbocycles. The highest BCUT2D eigenvalue weighted by molar-refractivity contribution is 7.89. The molecule has 0 spiro atoms. The fourth-order valence-corrected chi connectivity index (χ4v) is 5.44. The molecule has 0 bridgehead atoms. The maximum absolute atomic E-state index is 13.2. The first-order valence-electron chi connectivity index (χ1n) is 10.1. The van der Waals surface area contributed by atoms with E-state index in [4.69, 9.17) is 4.74 Å².